The van der Waals surface area contributed by atoms with E-state index in [4.69, 9.17) is 0 Å². The number of pyridine rings is 2. The fourth-order valence-electron chi connectivity index (χ4n) is 3.34. The smallest absolute Gasteiger partial charge is 0.141 e. The average molecular weight is 461 g/mol. The van der Waals surface area contributed by atoms with Crippen molar-refractivity contribution in [2.45, 2.75) is 52.4 Å². The summed E-state index contributed by atoms with van der Waals surface area (Å²) < 4.78 is 0. The number of para-hydroxylation sites is 2. The summed E-state index contributed by atoms with van der Waals surface area (Å²) in [6, 6.07) is 19.1. The zero-order valence-corrected chi connectivity index (χ0v) is 19.1. The maximum atomic E-state index is 9.66. The molecule has 2 aromatic heterocycles. The van der Waals surface area contributed by atoms with E-state index in [9.17, 15) is 10.2 Å². The summed E-state index contributed by atoms with van der Waals surface area (Å²) >= 11 is 0. The second kappa shape index (κ2) is 12.3. The first-order valence-corrected chi connectivity index (χ1v) is 10.8. The first kappa shape index (κ1) is 24.6. The van der Waals surface area contributed by atoms with Gasteiger partial charge in [-0.25, -0.2) is 9.97 Å². The number of aryl methyl sites for hydroxylation is 2. The number of benzene rings is 2. The molecule has 0 bridgehead atoms. The first-order valence-electron chi connectivity index (χ1n) is 10.8. The monoisotopic (exact) mass is 460 g/mol. The van der Waals surface area contributed by atoms with Gasteiger partial charge in [-0.05, 0) is 49.9 Å². The molecule has 5 heteroatoms. The molecule has 0 spiro atoms. The van der Waals surface area contributed by atoms with Crippen LogP contribution in [0, 0.1) is 0 Å². The number of hydrogen-bond donors (Lipinski definition) is 2. The molecule has 0 aliphatic rings. The minimum atomic E-state index is 0. The standard InChI is InChI=1S/2C13H15NO.Ni/c2*1-2-3-6-11-9-8-10-5-4-7-12(15)13(10)14-11;/h2*4-5,7-9,15H,2-3,6H2,1H3;. The molecule has 0 saturated heterocycles. The molecule has 0 aliphatic carbocycles. The van der Waals surface area contributed by atoms with Crippen molar-refractivity contribution in [3.63, 3.8) is 0 Å². The third kappa shape index (κ3) is 6.67. The van der Waals surface area contributed by atoms with E-state index in [1.54, 1.807) is 12.1 Å². The Hall–Kier alpha value is -2.65. The van der Waals surface area contributed by atoms with Gasteiger partial charge in [0.05, 0.1) is 0 Å². The van der Waals surface area contributed by atoms with Crippen molar-refractivity contribution in [2.75, 3.05) is 0 Å². The molecule has 4 aromatic rings. The number of phenolic OH excluding ortho intramolecular Hbond substituents is 2. The van der Waals surface area contributed by atoms with Gasteiger partial charge >= 0.3 is 0 Å². The number of rotatable bonds is 6. The molecular formula is C26H30N2NiO2. The van der Waals surface area contributed by atoms with Crippen LogP contribution in [0.3, 0.4) is 0 Å². The van der Waals surface area contributed by atoms with Crippen molar-refractivity contribution in [3.05, 3.63) is 72.1 Å². The Morgan fingerprint density at radius 2 is 1.03 bits per heavy atom. The van der Waals surface area contributed by atoms with Gasteiger partial charge in [-0.1, -0.05) is 63.1 Å². The number of hydrogen-bond acceptors (Lipinski definition) is 4. The van der Waals surface area contributed by atoms with E-state index in [-0.39, 0.29) is 28.0 Å². The Labute approximate surface area is 194 Å². The molecule has 166 valence electrons. The molecule has 4 rings (SSSR count). The van der Waals surface area contributed by atoms with Crippen molar-refractivity contribution in [1.82, 2.24) is 9.97 Å². The summed E-state index contributed by atoms with van der Waals surface area (Å²) in [6.07, 6.45) is 6.60. The number of fused-ring (bicyclic) bond motifs is 2. The van der Waals surface area contributed by atoms with Crippen LogP contribution in [0.25, 0.3) is 21.8 Å². The largest absolute Gasteiger partial charge is 0.506 e. The third-order valence-corrected chi connectivity index (χ3v) is 5.09. The van der Waals surface area contributed by atoms with Gasteiger partial charge in [0, 0.05) is 38.7 Å². The maximum Gasteiger partial charge on any atom is 0.141 e. The van der Waals surface area contributed by atoms with E-state index >= 15 is 0 Å². The van der Waals surface area contributed by atoms with Crippen LogP contribution in [-0.4, -0.2) is 20.2 Å². The third-order valence-electron chi connectivity index (χ3n) is 5.09. The van der Waals surface area contributed by atoms with Gasteiger partial charge in [-0.2, -0.15) is 0 Å². The molecule has 31 heavy (non-hydrogen) atoms. The van der Waals surface area contributed by atoms with Crippen LogP contribution >= 0.6 is 0 Å². The Morgan fingerprint density at radius 3 is 1.42 bits per heavy atom. The SMILES string of the molecule is CCCCc1ccc2cccc(O)c2n1.CCCCc1ccc2cccc(O)c2n1.[Ni]. The zero-order valence-electron chi connectivity index (χ0n) is 18.1. The molecule has 4 nitrogen and oxygen atoms in total. The zero-order chi connectivity index (χ0) is 21.3. The first-order chi connectivity index (χ1) is 14.6. The van der Waals surface area contributed by atoms with Gasteiger partial charge in [-0.3, -0.25) is 0 Å². The van der Waals surface area contributed by atoms with Gasteiger partial charge in [0.2, 0.25) is 0 Å². The van der Waals surface area contributed by atoms with E-state index in [0.717, 1.165) is 47.8 Å². The summed E-state index contributed by atoms with van der Waals surface area (Å²) in [5.74, 6) is 0.539. The molecule has 0 atom stereocenters. The Morgan fingerprint density at radius 1 is 0.613 bits per heavy atom. The van der Waals surface area contributed by atoms with Crippen LogP contribution in [0.2, 0.25) is 0 Å². The van der Waals surface area contributed by atoms with Crippen molar-refractivity contribution in [1.29, 1.82) is 0 Å². The van der Waals surface area contributed by atoms with E-state index in [1.807, 2.05) is 48.5 Å². The van der Waals surface area contributed by atoms with E-state index in [1.165, 1.54) is 12.8 Å². The Balaban J connectivity index is 0.000000213. The second-order valence-electron chi connectivity index (χ2n) is 7.51. The minimum Gasteiger partial charge on any atom is -0.506 e. The fraction of sp³-hybridized carbons (Fsp3) is 0.308. The Bertz CT molecular complexity index is 1030. The summed E-state index contributed by atoms with van der Waals surface area (Å²) in [7, 11) is 0. The van der Waals surface area contributed by atoms with Crippen molar-refractivity contribution < 1.29 is 26.7 Å². The number of nitrogens with zero attached hydrogens (tertiary/aromatic N) is 2. The molecule has 0 saturated carbocycles. The van der Waals surface area contributed by atoms with Crippen LogP contribution in [0.5, 0.6) is 11.5 Å². The van der Waals surface area contributed by atoms with Gasteiger partial charge in [0.15, 0.2) is 0 Å². The predicted molar refractivity (Wildman–Crippen MR) is 124 cm³/mol. The maximum absolute atomic E-state index is 9.66. The molecule has 2 N–H and O–H groups in total. The van der Waals surface area contributed by atoms with Gasteiger partial charge in [0.25, 0.3) is 0 Å². The van der Waals surface area contributed by atoms with Gasteiger partial charge in [0.1, 0.15) is 22.5 Å². The van der Waals surface area contributed by atoms with Crippen LogP contribution in [0.4, 0.5) is 0 Å². The van der Waals surface area contributed by atoms with E-state index < -0.39 is 0 Å². The number of aromatic hydroxyl groups is 2. The molecule has 2 aromatic carbocycles. The van der Waals surface area contributed by atoms with Crippen LogP contribution in [-0.2, 0) is 29.3 Å². The van der Waals surface area contributed by atoms with Crippen LogP contribution in [0.15, 0.2) is 60.7 Å². The van der Waals surface area contributed by atoms with Gasteiger partial charge < -0.3 is 10.2 Å². The van der Waals surface area contributed by atoms with Crippen molar-refractivity contribution >= 4 is 21.8 Å². The summed E-state index contributed by atoms with van der Waals surface area (Å²) in [6.45, 7) is 4.33. The number of aromatic nitrogens is 2. The summed E-state index contributed by atoms with van der Waals surface area (Å²) in [5.41, 5.74) is 3.55. The average Bonchev–Trinajstić information content (AvgIpc) is 2.77. The molecule has 0 fully saturated rings. The quantitative estimate of drug-likeness (QED) is 0.319. The summed E-state index contributed by atoms with van der Waals surface area (Å²) in [5, 5.41) is 21.3. The van der Waals surface area contributed by atoms with E-state index in [2.05, 4.69) is 23.8 Å². The minimum absolute atomic E-state index is 0. The second-order valence-corrected chi connectivity index (χ2v) is 7.51. The van der Waals surface area contributed by atoms with Gasteiger partial charge in [-0.15, -0.1) is 0 Å². The topological polar surface area (TPSA) is 66.2 Å². The number of unbranched alkanes of at least 4 members (excludes halogenated alkanes) is 2. The number of phenols is 2. The van der Waals surface area contributed by atoms with Crippen molar-refractivity contribution in [3.8, 4) is 11.5 Å². The molecule has 2 heterocycles. The summed E-state index contributed by atoms with van der Waals surface area (Å²) in [4.78, 5) is 8.92. The fourth-order valence-corrected chi connectivity index (χ4v) is 3.34. The Kier molecular flexibility index (Phi) is 9.74. The molecule has 0 radical (unpaired) electrons. The normalized spacial score (nSPS) is 10.4. The van der Waals surface area contributed by atoms with Crippen LogP contribution in [0.1, 0.15) is 50.9 Å². The predicted octanol–water partition coefficient (Wildman–Crippen LogP) is 6.56. The van der Waals surface area contributed by atoms with Crippen LogP contribution < -0.4 is 0 Å². The molecule has 0 amide bonds. The molecule has 0 unspecified atom stereocenters. The molecule has 0 aliphatic heterocycles. The van der Waals surface area contributed by atoms with E-state index in [0.29, 0.717) is 11.0 Å². The molecular weight excluding hydrogens is 431 g/mol. The van der Waals surface area contributed by atoms with Crippen molar-refractivity contribution in [2.24, 2.45) is 0 Å².